The second-order valence-electron chi connectivity index (χ2n) is 3.70. The van der Waals surface area contributed by atoms with Crippen molar-refractivity contribution in [3.63, 3.8) is 0 Å². The van der Waals surface area contributed by atoms with Gasteiger partial charge in [-0.2, -0.15) is 0 Å². The predicted molar refractivity (Wildman–Crippen MR) is 61.2 cm³/mol. The van der Waals surface area contributed by atoms with Gasteiger partial charge < -0.3 is 19.5 Å². The summed E-state index contributed by atoms with van der Waals surface area (Å²) in [5, 5.41) is 3.29. The Morgan fingerprint density at radius 2 is 1.87 bits per heavy atom. The highest BCUT2D eigenvalue weighted by Gasteiger charge is 2.06. The van der Waals surface area contributed by atoms with E-state index in [0.717, 1.165) is 6.54 Å². The third-order valence-corrected chi connectivity index (χ3v) is 1.86. The summed E-state index contributed by atoms with van der Waals surface area (Å²) < 4.78 is 15.9. The number of ether oxygens (including phenoxy) is 3. The summed E-state index contributed by atoms with van der Waals surface area (Å²) in [5.74, 6) is 0. The number of hydrogen-bond acceptors (Lipinski definition) is 4. The monoisotopic (exact) mass is 219 g/mol. The van der Waals surface area contributed by atoms with Crippen LogP contribution >= 0.6 is 0 Å². The molecule has 0 saturated heterocycles. The summed E-state index contributed by atoms with van der Waals surface area (Å²) in [7, 11) is 1.70. The molecule has 15 heavy (non-hydrogen) atoms. The molecule has 4 heteroatoms. The lowest BCUT2D eigenvalue weighted by atomic mass is 10.3. The minimum absolute atomic E-state index is 0.275. The summed E-state index contributed by atoms with van der Waals surface area (Å²) in [6.45, 7) is 9.69. The molecule has 1 unspecified atom stereocenters. The van der Waals surface area contributed by atoms with Gasteiger partial charge in [-0.25, -0.2) is 0 Å². The van der Waals surface area contributed by atoms with E-state index in [4.69, 9.17) is 14.2 Å². The molecule has 0 amide bonds. The Kier molecular flexibility index (Phi) is 10.3. The third kappa shape index (κ3) is 10.1. The van der Waals surface area contributed by atoms with E-state index in [1.54, 1.807) is 7.11 Å². The second kappa shape index (κ2) is 10.4. The van der Waals surface area contributed by atoms with Crippen LogP contribution in [0.3, 0.4) is 0 Å². The molecule has 0 aliphatic heterocycles. The Hall–Kier alpha value is -0.160. The van der Waals surface area contributed by atoms with Crippen molar-refractivity contribution in [1.82, 2.24) is 5.32 Å². The van der Waals surface area contributed by atoms with Gasteiger partial charge in [0, 0.05) is 7.11 Å². The van der Waals surface area contributed by atoms with Gasteiger partial charge in [-0.15, -0.1) is 0 Å². The molecular formula is C11H25NO3. The lowest BCUT2D eigenvalue weighted by molar-refractivity contribution is 0.00711. The molecular weight excluding hydrogens is 194 g/mol. The standard InChI is InChI=1S/C11H25NO3/c1-5-12-11(8-13-4)9-14-6-7-15-10(2)3/h10-12H,5-9H2,1-4H3. The summed E-state index contributed by atoms with van der Waals surface area (Å²) in [6.07, 6.45) is 0.275. The van der Waals surface area contributed by atoms with Crippen LogP contribution in [0.15, 0.2) is 0 Å². The van der Waals surface area contributed by atoms with Crippen LogP contribution in [0.2, 0.25) is 0 Å². The maximum atomic E-state index is 5.48. The fourth-order valence-electron chi connectivity index (χ4n) is 1.22. The van der Waals surface area contributed by atoms with Crippen molar-refractivity contribution in [1.29, 1.82) is 0 Å². The van der Waals surface area contributed by atoms with E-state index in [0.29, 0.717) is 26.4 Å². The van der Waals surface area contributed by atoms with Crippen LogP contribution in [0.1, 0.15) is 20.8 Å². The zero-order valence-electron chi connectivity index (χ0n) is 10.4. The Balaban J connectivity index is 3.36. The van der Waals surface area contributed by atoms with Gasteiger partial charge in [0.15, 0.2) is 0 Å². The Labute approximate surface area is 93.3 Å². The molecule has 0 aromatic rings. The lowest BCUT2D eigenvalue weighted by Crippen LogP contribution is -2.37. The van der Waals surface area contributed by atoms with Gasteiger partial charge >= 0.3 is 0 Å². The highest BCUT2D eigenvalue weighted by Crippen LogP contribution is 1.90. The smallest absolute Gasteiger partial charge is 0.0703 e. The van der Waals surface area contributed by atoms with Crippen molar-refractivity contribution >= 4 is 0 Å². The number of nitrogens with one attached hydrogen (secondary N) is 1. The molecule has 1 N–H and O–H groups in total. The first-order valence-electron chi connectivity index (χ1n) is 5.62. The number of hydrogen-bond donors (Lipinski definition) is 1. The van der Waals surface area contributed by atoms with Crippen LogP contribution in [-0.4, -0.2) is 52.2 Å². The number of likely N-dealkylation sites (N-methyl/N-ethyl adjacent to an activating group) is 1. The van der Waals surface area contributed by atoms with E-state index in [1.807, 2.05) is 13.8 Å². The van der Waals surface area contributed by atoms with Crippen LogP contribution in [0, 0.1) is 0 Å². The fourth-order valence-corrected chi connectivity index (χ4v) is 1.22. The van der Waals surface area contributed by atoms with Crippen molar-refractivity contribution in [2.45, 2.75) is 32.9 Å². The molecule has 1 atom stereocenters. The van der Waals surface area contributed by atoms with Gasteiger partial charge in [-0.05, 0) is 20.4 Å². The van der Waals surface area contributed by atoms with Gasteiger partial charge in [-0.3, -0.25) is 0 Å². The summed E-state index contributed by atoms with van der Waals surface area (Å²) >= 11 is 0. The first-order chi connectivity index (χ1) is 7.20. The second-order valence-corrected chi connectivity index (χ2v) is 3.70. The Morgan fingerprint density at radius 3 is 2.40 bits per heavy atom. The van der Waals surface area contributed by atoms with Crippen molar-refractivity contribution in [3.8, 4) is 0 Å². The van der Waals surface area contributed by atoms with Gasteiger partial charge in [-0.1, -0.05) is 6.92 Å². The van der Waals surface area contributed by atoms with E-state index >= 15 is 0 Å². The van der Waals surface area contributed by atoms with E-state index in [1.165, 1.54) is 0 Å². The molecule has 0 spiro atoms. The average molecular weight is 219 g/mol. The normalized spacial score (nSPS) is 13.4. The molecule has 0 bridgehead atoms. The van der Waals surface area contributed by atoms with Gasteiger partial charge in [0.25, 0.3) is 0 Å². The quantitative estimate of drug-likeness (QED) is 0.558. The topological polar surface area (TPSA) is 39.7 Å². The van der Waals surface area contributed by atoms with Crippen LogP contribution in [0.4, 0.5) is 0 Å². The molecule has 92 valence electrons. The molecule has 0 rings (SSSR count). The van der Waals surface area contributed by atoms with Crippen LogP contribution in [0.5, 0.6) is 0 Å². The maximum absolute atomic E-state index is 5.48. The highest BCUT2D eigenvalue weighted by molar-refractivity contribution is 4.63. The summed E-state index contributed by atoms with van der Waals surface area (Å²) in [5.41, 5.74) is 0. The Morgan fingerprint density at radius 1 is 1.13 bits per heavy atom. The number of rotatable bonds is 10. The summed E-state index contributed by atoms with van der Waals surface area (Å²) in [4.78, 5) is 0. The van der Waals surface area contributed by atoms with E-state index in [9.17, 15) is 0 Å². The van der Waals surface area contributed by atoms with Crippen molar-refractivity contribution in [2.75, 3.05) is 40.1 Å². The van der Waals surface area contributed by atoms with E-state index in [2.05, 4.69) is 12.2 Å². The van der Waals surface area contributed by atoms with Crippen LogP contribution in [0.25, 0.3) is 0 Å². The van der Waals surface area contributed by atoms with Crippen LogP contribution < -0.4 is 5.32 Å². The Bertz CT molecular complexity index is 125. The number of methoxy groups -OCH3 is 1. The van der Waals surface area contributed by atoms with Crippen molar-refractivity contribution in [3.05, 3.63) is 0 Å². The third-order valence-electron chi connectivity index (χ3n) is 1.86. The molecule has 0 radical (unpaired) electrons. The van der Waals surface area contributed by atoms with Crippen molar-refractivity contribution < 1.29 is 14.2 Å². The largest absolute Gasteiger partial charge is 0.383 e. The molecule has 0 aromatic heterocycles. The molecule has 0 aliphatic rings. The molecule has 0 fully saturated rings. The lowest BCUT2D eigenvalue weighted by Gasteiger charge is -2.17. The first kappa shape index (κ1) is 14.8. The molecule has 0 saturated carbocycles. The van der Waals surface area contributed by atoms with Gasteiger partial charge in [0.05, 0.1) is 38.6 Å². The van der Waals surface area contributed by atoms with Gasteiger partial charge in [0.1, 0.15) is 0 Å². The van der Waals surface area contributed by atoms with E-state index < -0.39 is 0 Å². The van der Waals surface area contributed by atoms with Crippen molar-refractivity contribution in [2.24, 2.45) is 0 Å². The minimum Gasteiger partial charge on any atom is -0.383 e. The SMILES string of the molecule is CCNC(COC)COCCOC(C)C. The van der Waals surface area contributed by atoms with E-state index in [-0.39, 0.29) is 12.1 Å². The maximum Gasteiger partial charge on any atom is 0.0703 e. The fraction of sp³-hybridized carbons (Fsp3) is 1.00. The molecule has 0 aliphatic carbocycles. The molecule has 0 aromatic carbocycles. The van der Waals surface area contributed by atoms with Gasteiger partial charge in [0.2, 0.25) is 0 Å². The van der Waals surface area contributed by atoms with Crippen LogP contribution in [-0.2, 0) is 14.2 Å². The zero-order valence-corrected chi connectivity index (χ0v) is 10.4. The zero-order chi connectivity index (χ0) is 11.5. The molecule has 0 heterocycles. The predicted octanol–water partition coefficient (Wildman–Crippen LogP) is 1.05. The average Bonchev–Trinajstić information content (AvgIpc) is 2.17. The first-order valence-corrected chi connectivity index (χ1v) is 5.62. The molecule has 4 nitrogen and oxygen atoms in total. The summed E-state index contributed by atoms with van der Waals surface area (Å²) in [6, 6.07) is 0.277. The highest BCUT2D eigenvalue weighted by atomic mass is 16.5. The minimum atomic E-state index is 0.275.